The van der Waals surface area contributed by atoms with Crippen LogP contribution in [0.15, 0.2) is 18.2 Å². The Bertz CT molecular complexity index is 448. The first-order valence-electron chi connectivity index (χ1n) is 7.31. The molecule has 1 aromatic rings. The molecule has 0 unspecified atom stereocenters. The fourth-order valence-electron chi connectivity index (χ4n) is 2.42. The zero-order valence-corrected chi connectivity index (χ0v) is 12.8. The lowest BCUT2D eigenvalue weighted by atomic mass is 9.89. The molecule has 0 aliphatic rings. The van der Waals surface area contributed by atoms with E-state index in [0.29, 0.717) is 0 Å². The number of nitrogens with one attached hydrogen (secondary N) is 2. The van der Waals surface area contributed by atoms with Crippen LogP contribution in [0.5, 0.6) is 0 Å². The summed E-state index contributed by atoms with van der Waals surface area (Å²) >= 11 is 0. The molecule has 0 spiro atoms. The van der Waals surface area contributed by atoms with Gasteiger partial charge in [0.15, 0.2) is 0 Å². The molecule has 0 aliphatic heterocycles. The minimum Gasteiger partial charge on any atom is -0.385 e. The van der Waals surface area contributed by atoms with Crippen molar-refractivity contribution in [1.29, 1.82) is 0 Å². The van der Waals surface area contributed by atoms with Crippen molar-refractivity contribution in [3.05, 3.63) is 28.3 Å². The summed E-state index contributed by atoms with van der Waals surface area (Å²) in [4.78, 5) is 10.7. The Kier molecular flexibility index (Phi) is 5.80. The second kappa shape index (κ2) is 7.12. The third-order valence-corrected chi connectivity index (χ3v) is 3.95. The molecule has 0 saturated heterocycles. The van der Waals surface area contributed by atoms with Gasteiger partial charge in [-0.25, -0.2) is 0 Å². The van der Waals surface area contributed by atoms with E-state index < -0.39 is 0 Å². The Morgan fingerprint density at radius 1 is 1.05 bits per heavy atom. The van der Waals surface area contributed by atoms with E-state index in [2.05, 4.69) is 31.4 Å². The van der Waals surface area contributed by atoms with Crippen LogP contribution in [0.25, 0.3) is 0 Å². The molecule has 2 N–H and O–H groups in total. The number of nitrogens with zero attached hydrogens (tertiary/aromatic N) is 1. The first kappa shape index (κ1) is 16.3. The number of non-ortho nitro benzene ring substituents is 1. The molecule has 1 aromatic carbocycles. The molecule has 0 bridgehead atoms. The molecule has 0 radical (unpaired) electrons. The molecule has 0 aromatic heterocycles. The second-order valence-electron chi connectivity index (χ2n) is 5.02. The van der Waals surface area contributed by atoms with Gasteiger partial charge in [-0.1, -0.05) is 20.8 Å². The number of benzene rings is 1. The molecule has 112 valence electrons. The van der Waals surface area contributed by atoms with E-state index in [4.69, 9.17) is 0 Å². The quantitative estimate of drug-likeness (QED) is 0.546. The van der Waals surface area contributed by atoms with Crippen molar-refractivity contribution in [1.82, 2.24) is 0 Å². The lowest BCUT2D eigenvalue weighted by Gasteiger charge is -2.33. The molecule has 0 amide bonds. The van der Waals surface area contributed by atoms with E-state index in [1.807, 2.05) is 13.0 Å². The number of hydrogen-bond donors (Lipinski definition) is 2. The highest BCUT2D eigenvalue weighted by molar-refractivity contribution is 5.64. The van der Waals surface area contributed by atoms with Crippen LogP contribution in [0.3, 0.4) is 0 Å². The Hall–Kier alpha value is -1.78. The van der Waals surface area contributed by atoms with Crippen LogP contribution in [0.4, 0.5) is 17.1 Å². The van der Waals surface area contributed by atoms with Crippen molar-refractivity contribution in [2.45, 2.75) is 52.5 Å². The Morgan fingerprint density at radius 3 is 2.05 bits per heavy atom. The van der Waals surface area contributed by atoms with Gasteiger partial charge in [-0.15, -0.1) is 0 Å². The van der Waals surface area contributed by atoms with Crippen molar-refractivity contribution in [3.8, 4) is 0 Å². The molecule has 0 saturated carbocycles. The molecule has 20 heavy (non-hydrogen) atoms. The molecule has 0 fully saturated rings. The van der Waals surface area contributed by atoms with Gasteiger partial charge in [-0.3, -0.25) is 10.1 Å². The van der Waals surface area contributed by atoms with Gasteiger partial charge in [0, 0.05) is 35.6 Å². The van der Waals surface area contributed by atoms with E-state index >= 15 is 0 Å². The predicted molar refractivity (Wildman–Crippen MR) is 84.5 cm³/mol. The summed E-state index contributed by atoms with van der Waals surface area (Å²) in [6.45, 7) is 9.13. The number of anilines is 2. The maximum Gasteiger partial charge on any atom is 0.273 e. The molecule has 5 nitrogen and oxygen atoms in total. The second-order valence-corrected chi connectivity index (χ2v) is 5.02. The Labute approximate surface area is 120 Å². The van der Waals surface area contributed by atoms with Crippen LogP contribution >= 0.6 is 0 Å². The van der Waals surface area contributed by atoms with Crippen LogP contribution in [0.2, 0.25) is 0 Å². The maximum absolute atomic E-state index is 11.0. The first-order chi connectivity index (χ1) is 9.50. The number of nitro groups is 1. The van der Waals surface area contributed by atoms with E-state index in [1.54, 1.807) is 12.1 Å². The average Bonchev–Trinajstić information content (AvgIpc) is 2.45. The van der Waals surface area contributed by atoms with Crippen LogP contribution in [0.1, 0.15) is 47.0 Å². The Balaban J connectivity index is 3.12. The summed E-state index contributed by atoms with van der Waals surface area (Å²) in [5.41, 5.74) is 1.70. The topological polar surface area (TPSA) is 67.2 Å². The number of hydrogen-bond acceptors (Lipinski definition) is 4. The molecule has 0 heterocycles. The summed E-state index contributed by atoms with van der Waals surface area (Å²) in [6, 6.07) is 5.11. The van der Waals surface area contributed by atoms with Gasteiger partial charge < -0.3 is 10.6 Å². The van der Waals surface area contributed by atoms with E-state index in [0.717, 1.165) is 37.2 Å². The summed E-state index contributed by atoms with van der Waals surface area (Å²) in [5, 5.41) is 17.7. The van der Waals surface area contributed by atoms with Crippen molar-refractivity contribution in [3.63, 3.8) is 0 Å². The van der Waals surface area contributed by atoms with E-state index in [1.165, 1.54) is 0 Å². The average molecular weight is 279 g/mol. The summed E-state index contributed by atoms with van der Waals surface area (Å²) in [7, 11) is 0. The van der Waals surface area contributed by atoms with Crippen LogP contribution in [0, 0.1) is 10.1 Å². The lowest BCUT2D eigenvalue weighted by molar-refractivity contribution is -0.384. The molecule has 1 rings (SSSR count). The monoisotopic (exact) mass is 279 g/mol. The zero-order chi connectivity index (χ0) is 15.2. The zero-order valence-electron chi connectivity index (χ0n) is 12.8. The highest BCUT2D eigenvalue weighted by Crippen LogP contribution is 2.30. The fourth-order valence-corrected chi connectivity index (χ4v) is 2.42. The Morgan fingerprint density at radius 2 is 1.60 bits per heavy atom. The third-order valence-electron chi connectivity index (χ3n) is 3.95. The van der Waals surface area contributed by atoms with Gasteiger partial charge in [-0.05, 0) is 32.3 Å². The minimum absolute atomic E-state index is 0.00128. The number of rotatable bonds is 8. The van der Waals surface area contributed by atoms with Crippen LogP contribution < -0.4 is 10.6 Å². The molecular weight excluding hydrogens is 254 g/mol. The van der Waals surface area contributed by atoms with Crippen molar-refractivity contribution in [2.75, 3.05) is 17.2 Å². The summed E-state index contributed by atoms with van der Waals surface area (Å²) in [6.07, 6.45) is 2.96. The lowest BCUT2D eigenvalue weighted by Crippen LogP contribution is -2.36. The van der Waals surface area contributed by atoms with Gasteiger partial charge in [0.2, 0.25) is 0 Å². The maximum atomic E-state index is 11.0. The fraction of sp³-hybridized carbons (Fsp3) is 0.600. The van der Waals surface area contributed by atoms with Gasteiger partial charge in [0.25, 0.3) is 5.69 Å². The largest absolute Gasteiger partial charge is 0.385 e. The third kappa shape index (κ3) is 3.85. The molecule has 5 heteroatoms. The van der Waals surface area contributed by atoms with Gasteiger partial charge in [0.1, 0.15) is 0 Å². The van der Waals surface area contributed by atoms with Gasteiger partial charge in [-0.2, -0.15) is 0 Å². The minimum atomic E-state index is -0.350. The first-order valence-corrected chi connectivity index (χ1v) is 7.31. The highest BCUT2D eigenvalue weighted by atomic mass is 16.6. The van der Waals surface area contributed by atoms with Crippen LogP contribution in [-0.2, 0) is 0 Å². The van der Waals surface area contributed by atoms with Gasteiger partial charge >= 0.3 is 0 Å². The van der Waals surface area contributed by atoms with E-state index in [9.17, 15) is 10.1 Å². The van der Waals surface area contributed by atoms with Crippen molar-refractivity contribution >= 4 is 17.1 Å². The molecule has 0 atom stereocenters. The van der Waals surface area contributed by atoms with Crippen LogP contribution in [-0.4, -0.2) is 17.0 Å². The molecular formula is C15H25N3O2. The normalized spacial score (nSPS) is 11.2. The van der Waals surface area contributed by atoms with Gasteiger partial charge in [0.05, 0.1) is 4.92 Å². The van der Waals surface area contributed by atoms with E-state index in [-0.39, 0.29) is 16.1 Å². The predicted octanol–water partition coefficient (Wildman–Crippen LogP) is 4.41. The molecule has 0 aliphatic carbocycles. The number of nitro benzene ring substituents is 1. The van der Waals surface area contributed by atoms with Crippen molar-refractivity contribution in [2.24, 2.45) is 0 Å². The summed E-state index contributed by atoms with van der Waals surface area (Å²) in [5.74, 6) is 0. The SMILES string of the molecule is CCNc1cc(NC(CC)(CC)CC)cc([N+](=O)[O-])c1. The van der Waals surface area contributed by atoms with Crippen molar-refractivity contribution < 1.29 is 4.92 Å². The standard InChI is InChI=1S/C15H25N3O2/c1-5-15(6-2,7-3)17-13-9-12(16-8-4)10-14(11-13)18(19)20/h9-11,16-17H,5-8H2,1-4H3. The smallest absolute Gasteiger partial charge is 0.273 e. The highest BCUT2D eigenvalue weighted by Gasteiger charge is 2.24. The summed E-state index contributed by atoms with van der Waals surface area (Å²) < 4.78 is 0.